The molecule has 0 radical (unpaired) electrons. The van der Waals surface area contributed by atoms with Crippen LogP contribution in [0.3, 0.4) is 0 Å². The highest BCUT2D eigenvalue weighted by Crippen LogP contribution is 2.37. The second kappa shape index (κ2) is 6.44. The molecule has 0 bridgehead atoms. The first-order valence-electron chi connectivity index (χ1n) is 6.88. The molecule has 3 heteroatoms. The quantitative estimate of drug-likeness (QED) is 0.802. The third-order valence-corrected chi connectivity index (χ3v) is 3.85. The average Bonchev–Trinajstić information content (AvgIpc) is 2.38. The van der Waals surface area contributed by atoms with Gasteiger partial charge in [0.05, 0.1) is 0 Å². The number of nitrogens with one attached hydrogen (secondary N) is 1. The Labute approximate surface area is 115 Å². The minimum absolute atomic E-state index is 0.336. The third kappa shape index (κ3) is 3.18. The van der Waals surface area contributed by atoms with Crippen LogP contribution < -0.4 is 10.1 Å². The molecule has 0 fully saturated rings. The van der Waals surface area contributed by atoms with Crippen molar-refractivity contribution in [1.82, 2.24) is 5.32 Å². The van der Waals surface area contributed by atoms with Crippen LogP contribution in [0.25, 0.3) is 0 Å². The van der Waals surface area contributed by atoms with E-state index in [1.54, 1.807) is 0 Å². The lowest BCUT2D eigenvalue weighted by molar-refractivity contribution is 0.140. The Hall–Kier alpha value is -0.730. The van der Waals surface area contributed by atoms with E-state index in [9.17, 15) is 0 Å². The average molecular weight is 268 g/mol. The molecule has 100 valence electrons. The Morgan fingerprint density at radius 3 is 2.94 bits per heavy atom. The predicted molar refractivity (Wildman–Crippen MR) is 76.4 cm³/mol. The zero-order valence-electron chi connectivity index (χ0n) is 11.2. The number of hydrogen-bond donors (Lipinski definition) is 1. The zero-order valence-corrected chi connectivity index (χ0v) is 12.0. The van der Waals surface area contributed by atoms with Gasteiger partial charge in [-0.3, -0.25) is 0 Å². The molecule has 1 N–H and O–H groups in total. The van der Waals surface area contributed by atoms with E-state index < -0.39 is 0 Å². The van der Waals surface area contributed by atoms with Crippen molar-refractivity contribution in [2.75, 3.05) is 7.05 Å². The Bertz CT molecular complexity index is 394. The van der Waals surface area contributed by atoms with Gasteiger partial charge in [0.1, 0.15) is 11.9 Å². The Morgan fingerprint density at radius 2 is 2.22 bits per heavy atom. The van der Waals surface area contributed by atoms with Crippen molar-refractivity contribution < 1.29 is 4.74 Å². The normalized spacial score (nSPS) is 22.4. The maximum absolute atomic E-state index is 6.07. The molecular weight excluding hydrogens is 246 g/mol. The van der Waals surface area contributed by atoms with Gasteiger partial charge in [-0.15, -0.1) is 0 Å². The summed E-state index contributed by atoms with van der Waals surface area (Å²) in [4.78, 5) is 0. The molecule has 1 heterocycles. The first-order chi connectivity index (χ1) is 8.74. The van der Waals surface area contributed by atoms with Gasteiger partial charge in [0.2, 0.25) is 0 Å². The van der Waals surface area contributed by atoms with Crippen molar-refractivity contribution in [2.45, 2.75) is 51.2 Å². The van der Waals surface area contributed by atoms with Crippen LogP contribution in [0.1, 0.15) is 50.6 Å². The molecule has 1 aliphatic rings. The molecule has 1 aromatic carbocycles. The molecular formula is C15H22ClNO. The predicted octanol–water partition coefficient (Wildman–Crippen LogP) is 4.33. The van der Waals surface area contributed by atoms with Crippen LogP contribution in [-0.4, -0.2) is 13.2 Å². The summed E-state index contributed by atoms with van der Waals surface area (Å²) in [7, 11) is 2.00. The maximum atomic E-state index is 6.07. The highest BCUT2D eigenvalue weighted by molar-refractivity contribution is 6.30. The van der Waals surface area contributed by atoms with Gasteiger partial charge >= 0.3 is 0 Å². The van der Waals surface area contributed by atoms with Crippen molar-refractivity contribution in [1.29, 1.82) is 0 Å². The fourth-order valence-corrected chi connectivity index (χ4v) is 2.77. The summed E-state index contributed by atoms with van der Waals surface area (Å²) < 4.78 is 6.07. The van der Waals surface area contributed by atoms with Crippen molar-refractivity contribution in [2.24, 2.45) is 0 Å². The monoisotopic (exact) mass is 267 g/mol. The van der Waals surface area contributed by atoms with Gasteiger partial charge < -0.3 is 10.1 Å². The van der Waals surface area contributed by atoms with Gasteiger partial charge in [0, 0.05) is 23.0 Å². The SMILES string of the molecule is CCCCCC1CC(NC)c2cc(Cl)ccc2O1. The molecule has 2 atom stereocenters. The number of ether oxygens (including phenoxy) is 1. The molecule has 0 aliphatic carbocycles. The molecule has 18 heavy (non-hydrogen) atoms. The zero-order chi connectivity index (χ0) is 13.0. The van der Waals surface area contributed by atoms with Gasteiger partial charge in [-0.2, -0.15) is 0 Å². The molecule has 0 saturated heterocycles. The smallest absolute Gasteiger partial charge is 0.124 e. The Balaban J connectivity index is 2.08. The minimum Gasteiger partial charge on any atom is -0.490 e. The highest BCUT2D eigenvalue weighted by Gasteiger charge is 2.27. The minimum atomic E-state index is 0.336. The number of hydrogen-bond acceptors (Lipinski definition) is 2. The summed E-state index contributed by atoms with van der Waals surface area (Å²) in [5.74, 6) is 0.992. The topological polar surface area (TPSA) is 21.3 Å². The molecule has 1 aromatic rings. The summed E-state index contributed by atoms with van der Waals surface area (Å²) in [5, 5.41) is 4.15. The van der Waals surface area contributed by atoms with Crippen molar-refractivity contribution in [3.05, 3.63) is 28.8 Å². The van der Waals surface area contributed by atoms with Gasteiger partial charge in [-0.1, -0.05) is 31.4 Å². The fourth-order valence-electron chi connectivity index (χ4n) is 2.59. The van der Waals surface area contributed by atoms with Crippen LogP contribution in [0.5, 0.6) is 5.75 Å². The summed E-state index contributed by atoms with van der Waals surface area (Å²) >= 11 is 6.05. The van der Waals surface area contributed by atoms with Crippen LogP contribution in [0.2, 0.25) is 5.02 Å². The van der Waals surface area contributed by atoms with Crippen molar-refractivity contribution in [3.8, 4) is 5.75 Å². The summed E-state index contributed by atoms with van der Waals surface area (Å²) in [5.41, 5.74) is 1.19. The third-order valence-electron chi connectivity index (χ3n) is 3.62. The molecule has 0 saturated carbocycles. The van der Waals surface area contributed by atoms with Crippen LogP contribution in [0.4, 0.5) is 0 Å². The van der Waals surface area contributed by atoms with Crippen LogP contribution in [0, 0.1) is 0 Å². The number of unbranched alkanes of at least 4 members (excludes halogenated alkanes) is 2. The number of rotatable bonds is 5. The molecule has 2 rings (SSSR count). The van der Waals surface area contributed by atoms with E-state index in [4.69, 9.17) is 16.3 Å². The summed E-state index contributed by atoms with van der Waals surface area (Å²) in [6, 6.07) is 6.27. The van der Waals surface area contributed by atoms with Crippen LogP contribution in [-0.2, 0) is 0 Å². The second-order valence-corrected chi connectivity index (χ2v) is 5.43. The van der Waals surface area contributed by atoms with E-state index in [2.05, 4.69) is 12.2 Å². The van der Waals surface area contributed by atoms with Gasteiger partial charge in [0.15, 0.2) is 0 Å². The van der Waals surface area contributed by atoms with Gasteiger partial charge in [0.25, 0.3) is 0 Å². The van der Waals surface area contributed by atoms with E-state index in [0.717, 1.165) is 23.6 Å². The standard InChI is InChI=1S/C15H22ClNO/c1-3-4-5-6-12-10-14(17-2)13-9-11(16)7-8-15(13)18-12/h7-9,12,14,17H,3-6,10H2,1-2H3. The second-order valence-electron chi connectivity index (χ2n) is 4.99. The Kier molecular flexibility index (Phi) is 4.90. The van der Waals surface area contributed by atoms with E-state index >= 15 is 0 Å². The van der Waals surface area contributed by atoms with Gasteiger partial charge in [-0.05, 0) is 38.1 Å². The summed E-state index contributed by atoms with van der Waals surface area (Å²) in [6.45, 7) is 2.23. The number of benzene rings is 1. The fraction of sp³-hybridized carbons (Fsp3) is 0.600. The first-order valence-corrected chi connectivity index (χ1v) is 7.25. The lowest BCUT2D eigenvalue weighted by Gasteiger charge is -2.32. The lowest BCUT2D eigenvalue weighted by Crippen LogP contribution is -2.31. The first kappa shape index (κ1) is 13.7. The van der Waals surface area contributed by atoms with E-state index in [-0.39, 0.29) is 0 Å². The highest BCUT2D eigenvalue weighted by atomic mass is 35.5. The van der Waals surface area contributed by atoms with Crippen molar-refractivity contribution >= 4 is 11.6 Å². The van der Waals surface area contributed by atoms with E-state index in [1.165, 1.54) is 24.8 Å². The van der Waals surface area contributed by atoms with Crippen molar-refractivity contribution in [3.63, 3.8) is 0 Å². The van der Waals surface area contributed by atoms with E-state index in [1.807, 2.05) is 25.2 Å². The number of fused-ring (bicyclic) bond motifs is 1. The molecule has 1 aliphatic heterocycles. The maximum Gasteiger partial charge on any atom is 0.124 e. The lowest BCUT2D eigenvalue weighted by atomic mass is 9.94. The molecule has 0 spiro atoms. The molecule has 2 unspecified atom stereocenters. The van der Waals surface area contributed by atoms with E-state index in [0.29, 0.717) is 12.1 Å². The molecule has 2 nitrogen and oxygen atoms in total. The number of halogens is 1. The molecule has 0 amide bonds. The van der Waals surface area contributed by atoms with Gasteiger partial charge in [-0.25, -0.2) is 0 Å². The molecule has 0 aromatic heterocycles. The Morgan fingerprint density at radius 1 is 1.39 bits per heavy atom. The largest absolute Gasteiger partial charge is 0.490 e. The van der Waals surface area contributed by atoms with Crippen LogP contribution in [0.15, 0.2) is 18.2 Å². The van der Waals surface area contributed by atoms with Crippen LogP contribution >= 0.6 is 11.6 Å². The summed E-state index contributed by atoms with van der Waals surface area (Å²) in [6.07, 6.45) is 6.32.